The molecule has 1 fully saturated rings. The highest BCUT2D eigenvalue weighted by molar-refractivity contribution is 7.92. The number of aromatic nitrogens is 1. The number of sulfonamides is 1. The first-order valence-electron chi connectivity index (χ1n) is 11.0. The molecular weight excluding hydrogens is 459 g/mol. The Morgan fingerprint density at radius 3 is 2.55 bits per heavy atom. The van der Waals surface area contributed by atoms with Crippen LogP contribution in [-0.2, 0) is 10.0 Å². The predicted molar refractivity (Wildman–Crippen MR) is 132 cm³/mol. The molecule has 1 aliphatic rings. The van der Waals surface area contributed by atoms with Gasteiger partial charge in [0.1, 0.15) is 10.7 Å². The molecule has 0 spiro atoms. The van der Waals surface area contributed by atoms with Gasteiger partial charge in [-0.15, -0.1) is 11.3 Å². The molecule has 0 amide bonds. The zero-order valence-electron chi connectivity index (χ0n) is 19.0. The minimum Gasteiger partial charge on any atom is -0.371 e. The van der Waals surface area contributed by atoms with Crippen LogP contribution in [-0.4, -0.2) is 44.5 Å². The SMILES string of the molecule is Cc1cc(S(=O)(=O)Nc2cscn2)c(F)cc1N(C)C1CCN([C@H](C)c2ccccc2)CC1. The van der Waals surface area contributed by atoms with Gasteiger partial charge in [0.25, 0.3) is 10.0 Å². The van der Waals surface area contributed by atoms with Crippen molar-refractivity contribution in [1.82, 2.24) is 9.88 Å². The van der Waals surface area contributed by atoms with E-state index in [0.717, 1.165) is 37.2 Å². The van der Waals surface area contributed by atoms with Crippen molar-refractivity contribution < 1.29 is 12.8 Å². The first-order chi connectivity index (χ1) is 15.8. The number of anilines is 2. The van der Waals surface area contributed by atoms with Crippen LogP contribution in [0, 0.1) is 12.7 Å². The summed E-state index contributed by atoms with van der Waals surface area (Å²) in [4.78, 5) is 8.12. The molecule has 1 saturated heterocycles. The van der Waals surface area contributed by atoms with Gasteiger partial charge in [-0.25, -0.2) is 17.8 Å². The van der Waals surface area contributed by atoms with E-state index in [-0.39, 0.29) is 16.8 Å². The van der Waals surface area contributed by atoms with E-state index in [1.165, 1.54) is 34.5 Å². The predicted octanol–water partition coefficient (Wildman–Crippen LogP) is 5.05. The quantitative estimate of drug-likeness (QED) is 0.504. The van der Waals surface area contributed by atoms with Crippen molar-refractivity contribution >= 4 is 32.9 Å². The highest BCUT2D eigenvalue weighted by atomic mass is 32.2. The maximum atomic E-state index is 15.0. The molecule has 0 saturated carbocycles. The van der Waals surface area contributed by atoms with Crippen LogP contribution >= 0.6 is 11.3 Å². The van der Waals surface area contributed by atoms with Crippen LogP contribution in [0.3, 0.4) is 0 Å². The van der Waals surface area contributed by atoms with Crippen LogP contribution in [0.25, 0.3) is 0 Å². The molecule has 2 heterocycles. The van der Waals surface area contributed by atoms with Crippen molar-refractivity contribution in [2.24, 2.45) is 0 Å². The van der Waals surface area contributed by atoms with Gasteiger partial charge in [0.15, 0.2) is 5.82 Å². The highest BCUT2D eigenvalue weighted by Gasteiger charge is 2.28. The number of halogens is 1. The number of aryl methyl sites for hydroxylation is 1. The van der Waals surface area contributed by atoms with Crippen molar-refractivity contribution in [1.29, 1.82) is 0 Å². The number of hydrogen-bond donors (Lipinski definition) is 1. The summed E-state index contributed by atoms with van der Waals surface area (Å²) in [5, 5.41) is 1.56. The van der Waals surface area contributed by atoms with Crippen LogP contribution in [0.15, 0.2) is 58.3 Å². The average molecular weight is 489 g/mol. The van der Waals surface area contributed by atoms with E-state index >= 15 is 0 Å². The minimum absolute atomic E-state index is 0.190. The molecule has 0 aliphatic carbocycles. The lowest BCUT2D eigenvalue weighted by atomic mass is 9.98. The Labute approximate surface area is 199 Å². The summed E-state index contributed by atoms with van der Waals surface area (Å²) in [6.45, 7) is 5.96. The van der Waals surface area contributed by atoms with Gasteiger partial charge in [-0.3, -0.25) is 9.62 Å². The van der Waals surface area contributed by atoms with Gasteiger partial charge in [-0.05, 0) is 49.9 Å². The van der Waals surface area contributed by atoms with Crippen molar-refractivity contribution in [3.63, 3.8) is 0 Å². The van der Waals surface area contributed by atoms with Crippen LogP contribution in [0.4, 0.5) is 15.9 Å². The van der Waals surface area contributed by atoms with E-state index in [4.69, 9.17) is 0 Å². The van der Waals surface area contributed by atoms with Crippen molar-refractivity contribution in [3.8, 4) is 0 Å². The number of thiazole rings is 1. The maximum absolute atomic E-state index is 15.0. The zero-order chi connectivity index (χ0) is 23.6. The third-order valence-electron chi connectivity index (χ3n) is 6.47. The molecule has 9 heteroatoms. The maximum Gasteiger partial charge on any atom is 0.266 e. The first-order valence-corrected chi connectivity index (χ1v) is 13.4. The van der Waals surface area contributed by atoms with Gasteiger partial charge in [0, 0.05) is 43.3 Å². The van der Waals surface area contributed by atoms with E-state index in [1.54, 1.807) is 5.38 Å². The lowest BCUT2D eigenvalue weighted by Crippen LogP contribution is -2.44. The number of piperidine rings is 1. The molecule has 0 bridgehead atoms. The smallest absolute Gasteiger partial charge is 0.266 e. The standard InChI is InChI=1S/C24H29FN4O2S2/c1-17-13-23(33(30,31)27-24-15-32-16-26-24)21(25)14-22(17)28(3)20-9-11-29(12-10-20)18(2)19-7-5-4-6-8-19/h4-8,13-16,18,20,27H,9-12H2,1-3H3/t18-/m1/s1. The van der Waals surface area contributed by atoms with Crippen molar-refractivity contribution in [2.75, 3.05) is 29.8 Å². The zero-order valence-corrected chi connectivity index (χ0v) is 20.7. The lowest BCUT2D eigenvalue weighted by Gasteiger charge is -2.40. The second-order valence-corrected chi connectivity index (χ2v) is 10.9. The second kappa shape index (κ2) is 9.79. The van der Waals surface area contributed by atoms with Gasteiger partial charge in [-0.1, -0.05) is 30.3 Å². The van der Waals surface area contributed by atoms with E-state index in [1.807, 2.05) is 20.0 Å². The molecule has 176 valence electrons. The number of likely N-dealkylation sites (tertiary alicyclic amines) is 1. The molecule has 33 heavy (non-hydrogen) atoms. The molecule has 0 unspecified atom stereocenters. The third kappa shape index (κ3) is 5.20. The molecule has 0 radical (unpaired) electrons. The highest BCUT2D eigenvalue weighted by Crippen LogP contribution is 2.32. The summed E-state index contributed by atoms with van der Waals surface area (Å²) >= 11 is 1.26. The first kappa shape index (κ1) is 23.7. The number of hydrogen-bond acceptors (Lipinski definition) is 6. The number of benzene rings is 2. The molecule has 3 aromatic rings. The normalized spacial score (nSPS) is 16.5. The summed E-state index contributed by atoms with van der Waals surface area (Å²) in [6.07, 6.45) is 1.92. The Morgan fingerprint density at radius 1 is 1.21 bits per heavy atom. The molecule has 1 aliphatic heterocycles. The van der Waals surface area contributed by atoms with E-state index in [2.05, 4.69) is 50.7 Å². The molecule has 4 rings (SSSR count). The van der Waals surface area contributed by atoms with E-state index in [9.17, 15) is 12.8 Å². The summed E-state index contributed by atoms with van der Waals surface area (Å²) in [5.74, 6) is -0.574. The molecule has 2 aromatic carbocycles. The Morgan fingerprint density at radius 2 is 1.91 bits per heavy atom. The number of rotatable bonds is 7. The molecule has 1 aromatic heterocycles. The summed E-state index contributed by atoms with van der Waals surface area (Å²) < 4.78 is 42.6. The third-order valence-corrected chi connectivity index (χ3v) is 8.42. The van der Waals surface area contributed by atoms with Crippen molar-refractivity contribution in [2.45, 2.75) is 43.7 Å². The average Bonchev–Trinajstić information content (AvgIpc) is 3.32. The summed E-state index contributed by atoms with van der Waals surface area (Å²) in [7, 11) is -2.09. The van der Waals surface area contributed by atoms with Crippen LogP contribution in [0.1, 0.15) is 36.9 Å². The van der Waals surface area contributed by atoms with Gasteiger partial charge in [-0.2, -0.15) is 0 Å². The summed E-state index contributed by atoms with van der Waals surface area (Å²) in [6, 6.07) is 13.8. The second-order valence-electron chi connectivity index (χ2n) is 8.51. The number of nitrogens with one attached hydrogen (secondary N) is 1. The van der Waals surface area contributed by atoms with E-state index < -0.39 is 15.8 Å². The van der Waals surface area contributed by atoms with Gasteiger partial charge < -0.3 is 4.90 Å². The topological polar surface area (TPSA) is 65.5 Å². The molecular formula is C24H29FN4O2S2. The van der Waals surface area contributed by atoms with Gasteiger partial charge in [0.2, 0.25) is 0 Å². The van der Waals surface area contributed by atoms with Crippen molar-refractivity contribution in [3.05, 3.63) is 70.3 Å². The minimum atomic E-state index is -4.05. The van der Waals surface area contributed by atoms with E-state index in [0.29, 0.717) is 6.04 Å². The Kier molecular flexibility index (Phi) is 7.02. The van der Waals surface area contributed by atoms with Gasteiger partial charge in [0.05, 0.1) is 5.51 Å². The fraction of sp³-hybridized carbons (Fsp3) is 0.375. The van der Waals surface area contributed by atoms with Crippen LogP contribution in [0.5, 0.6) is 0 Å². The fourth-order valence-electron chi connectivity index (χ4n) is 4.49. The van der Waals surface area contributed by atoms with Crippen LogP contribution < -0.4 is 9.62 Å². The Bertz CT molecular complexity index is 1180. The fourth-order valence-corrected chi connectivity index (χ4v) is 6.19. The largest absolute Gasteiger partial charge is 0.371 e. The van der Waals surface area contributed by atoms with Crippen LogP contribution in [0.2, 0.25) is 0 Å². The Balaban J connectivity index is 1.46. The molecule has 1 atom stereocenters. The lowest BCUT2D eigenvalue weighted by molar-refractivity contribution is 0.162. The molecule has 1 N–H and O–H groups in total. The van der Waals surface area contributed by atoms with Gasteiger partial charge >= 0.3 is 0 Å². The molecule has 6 nitrogen and oxygen atoms in total. The number of nitrogens with zero attached hydrogens (tertiary/aromatic N) is 3. The summed E-state index contributed by atoms with van der Waals surface area (Å²) in [5.41, 5.74) is 4.27. The Hall–Kier alpha value is -2.49. The monoisotopic (exact) mass is 488 g/mol.